The molecule has 2 atom stereocenters. The van der Waals surface area contributed by atoms with Gasteiger partial charge in [-0.05, 0) is 50.8 Å². The Labute approximate surface area is 127 Å². The average Bonchev–Trinajstić information content (AvgIpc) is 2.89. The molecule has 2 rings (SSSR count). The molecule has 1 aliphatic carbocycles. The lowest BCUT2D eigenvalue weighted by molar-refractivity contribution is -0.127. The number of anilines is 1. The van der Waals surface area contributed by atoms with E-state index in [0.29, 0.717) is 6.54 Å². The van der Waals surface area contributed by atoms with E-state index >= 15 is 0 Å². The van der Waals surface area contributed by atoms with Crippen LogP contribution in [0, 0.1) is 12.8 Å². The lowest BCUT2D eigenvalue weighted by Gasteiger charge is -2.24. The van der Waals surface area contributed by atoms with Gasteiger partial charge < -0.3 is 15.3 Å². The van der Waals surface area contributed by atoms with Gasteiger partial charge in [-0.25, -0.2) is 0 Å². The van der Waals surface area contributed by atoms with Crippen LogP contribution < -0.4 is 10.2 Å². The van der Waals surface area contributed by atoms with Crippen molar-refractivity contribution in [2.75, 3.05) is 24.5 Å². The van der Waals surface area contributed by atoms with E-state index in [1.807, 2.05) is 0 Å². The molecule has 2 unspecified atom stereocenters. The molecule has 116 valence electrons. The highest BCUT2D eigenvalue weighted by molar-refractivity contribution is 5.79. The molecule has 21 heavy (non-hydrogen) atoms. The van der Waals surface area contributed by atoms with Crippen molar-refractivity contribution in [1.29, 1.82) is 0 Å². The van der Waals surface area contributed by atoms with E-state index in [9.17, 15) is 9.90 Å². The third-order valence-corrected chi connectivity index (χ3v) is 4.25. The minimum Gasteiger partial charge on any atom is -0.392 e. The maximum atomic E-state index is 12.0. The second-order valence-corrected chi connectivity index (χ2v) is 5.81. The number of aryl methyl sites for hydroxylation is 1. The quantitative estimate of drug-likeness (QED) is 0.843. The molecular weight excluding hydrogens is 264 g/mol. The van der Waals surface area contributed by atoms with E-state index in [2.05, 4.69) is 48.3 Å². The number of nitrogens with one attached hydrogen (secondary N) is 1. The molecule has 1 amide bonds. The molecule has 4 heteroatoms. The molecule has 1 aromatic rings. The van der Waals surface area contributed by atoms with Crippen molar-refractivity contribution in [2.24, 2.45) is 5.92 Å². The SMILES string of the molecule is CCN(CCNC(=O)C1CCCC1O)c1cccc(C)c1. The number of hydrogen-bond acceptors (Lipinski definition) is 3. The minimum atomic E-state index is -0.455. The van der Waals surface area contributed by atoms with Gasteiger partial charge in [0.15, 0.2) is 0 Å². The molecule has 2 N–H and O–H groups in total. The van der Waals surface area contributed by atoms with E-state index in [1.165, 1.54) is 11.3 Å². The highest BCUT2D eigenvalue weighted by atomic mass is 16.3. The fourth-order valence-corrected chi connectivity index (χ4v) is 2.99. The van der Waals surface area contributed by atoms with E-state index in [0.717, 1.165) is 32.4 Å². The van der Waals surface area contributed by atoms with Gasteiger partial charge in [0.1, 0.15) is 0 Å². The normalized spacial score (nSPS) is 21.3. The second kappa shape index (κ2) is 7.46. The summed E-state index contributed by atoms with van der Waals surface area (Å²) in [6.45, 7) is 6.51. The number of benzene rings is 1. The van der Waals surface area contributed by atoms with Crippen LogP contribution in [0.25, 0.3) is 0 Å². The summed E-state index contributed by atoms with van der Waals surface area (Å²) in [6.07, 6.45) is 2.05. The fourth-order valence-electron chi connectivity index (χ4n) is 2.99. The standard InChI is InChI=1S/C17H26N2O2/c1-3-19(14-7-4-6-13(2)12-14)11-10-18-17(21)15-8-5-9-16(15)20/h4,6-7,12,15-16,20H,3,5,8-11H2,1-2H3,(H,18,21). The van der Waals surface area contributed by atoms with Gasteiger partial charge in [0.2, 0.25) is 5.91 Å². The van der Waals surface area contributed by atoms with Gasteiger partial charge in [0.05, 0.1) is 12.0 Å². The van der Waals surface area contributed by atoms with Crippen molar-refractivity contribution >= 4 is 11.6 Å². The highest BCUT2D eigenvalue weighted by Gasteiger charge is 2.31. The predicted molar refractivity (Wildman–Crippen MR) is 85.4 cm³/mol. The number of amides is 1. The number of hydrogen-bond donors (Lipinski definition) is 2. The highest BCUT2D eigenvalue weighted by Crippen LogP contribution is 2.25. The van der Waals surface area contributed by atoms with Crippen molar-refractivity contribution in [3.63, 3.8) is 0 Å². The fraction of sp³-hybridized carbons (Fsp3) is 0.588. The monoisotopic (exact) mass is 290 g/mol. The first-order valence-electron chi connectivity index (χ1n) is 7.89. The van der Waals surface area contributed by atoms with Crippen LogP contribution in [0.2, 0.25) is 0 Å². The van der Waals surface area contributed by atoms with Gasteiger partial charge in [-0.3, -0.25) is 4.79 Å². The molecule has 0 aromatic heterocycles. The summed E-state index contributed by atoms with van der Waals surface area (Å²) in [6, 6.07) is 8.40. The molecule has 1 aliphatic rings. The van der Waals surface area contributed by atoms with Crippen molar-refractivity contribution in [3.8, 4) is 0 Å². The Hall–Kier alpha value is -1.55. The zero-order chi connectivity index (χ0) is 15.2. The van der Waals surface area contributed by atoms with Crippen molar-refractivity contribution in [1.82, 2.24) is 5.32 Å². The molecule has 4 nitrogen and oxygen atoms in total. The molecule has 1 aromatic carbocycles. The van der Waals surface area contributed by atoms with Gasteiger partial charge >= 0.3 is 0 Å². The van der Waals surface area contributed by atoms with E-state index < -0.39 is 6.10 Å². The Bertz CT molecular complexity index is 476. The first-order valence-corrected chi connectivity index (χ1v) is 7.89. The minimum absolute atomic E-state index is 0.000273. The Kier molecular flexibility index (Phi) is 5.62. The van der Waals surface area contributed by atoms with Crippen molar-refractivity contribution in [3.05, 3.63) is 29.8 Å². The molecule has 0 aliphatic heterocycles. The first-order chi connectivity index (χ1) is 10.1. The topological polar surface area (TPSA) is 52.6 Å². The van der Waals surface area contributed by atoms with Gasteiger partial charge in [-0.2, -0.15) is 0 Å². The molecule has 0 heterocycles. The summed E-state index contributed by atoms with van der Waals surface area (Å²) in [5.41, 5.74) is 2.43. The number of aliphatic hydroxyl groups excluding tert-OH is 1. The molecule has 0 radical (unpaired) electrons. The molecule has 0 bridgehead atoms. The van der Waals surface area contributed by atoms with Gasteiger partial charge in [-0.15, -0.1) is 0 Å². The Morgan fingerprint density at radius 2 is 2.24 bits per heavy atom. The third-order valence-electron chi connectivity index (χ3n) is 4.25. The van der Waals surface area contributed by atoms with Crippen LogP contribution in [0.1, 0.15) is 31.7 Å². The summed E-state index contributed by atoms with van der Waals surface area (Å²) >= 11 is 0. The molecule has 1 fully saturated rings. The largest absolute Gasteiger partial charge is 0.392 e. The van der Waals surface area contributed by atoms with Crippen molar-refractivity contribution in [2.45, 2.75) is 39.2 Å². The number of nitrogens with zero attached hydrogens (tertiary/aromatic N) is 1. The predicted octanol–water partition coefficient (Wildman–Crippen LogP) is 2.10. The Balaban J connectivity index is 1.82. The van der Waals surface area contributed by atoms with E-state index in [4.69, 9.17) is 0 Å². The maximum Gasteiger partial charge on any atom is 0.225 e. The number of carbonyl (C=O) groups excluding carboxylic acids is 1. The van der Waals surface area contributed by atoms with E-state index in [-0.39, 0.29) is 11.8 Å². The summed E-state index contributed by atoms with van der Waals surface area (Å²) in [7, 11) is 0. The summed E-state index contributed by atoms with van der Waals surface area (Å²) < 4.78 is 0. The van der Waals surface area contributed by atoms with Crippen LogP contribution in [-0.4, -0.2) is 36.8 Å². The molecular formula is C17H26N2O2. The first kappa shape index (κ1) is 15.8. The van der Waals surface area contributed by atoms with Gasteiger partial charge in [0, 0.05) is 25.3 Å². The van der Waals surface area contributed by atoms with Crippen LogP contribution in [0.4, 0.5) is 5.69 Å². The van der Waals surface area contributed by atoms with Crippen LogP contribution in [0.15, 0.2) is 24.3 Å². The smallest absolute Gasteiger partial charge is 0.225 e. The summed E-state index contributed by atoms with van der Waals surface area (Å²) in [5, 5.41) is 12.7. The zero-order valence-corrected chi connectivity index (χ0v) is 13.0. The van der Waals surface area contributed by atoms with Gasteiger partial charge in [0.25, 0.3) is 0 Å². The molecule has 0 spiro atoms. The summed E-state index contributed by atoms with van der Waals surface area (Å²) in [5.74, 6) is -0.209. The number of rotatable bonds is 6. The lowest BCUT2D eigenvalue weighted by atomic mass is 10.1. The Morgan fingerprint density at radius 1 is 1.43 bits per heavy atom. The second-order valence-electron chi connectivity index (χ2n) is 5.81. The van der Waals surface area contributed by atoms with Crippen LogP contribution in [-0.2, 0) is 4.79 Å². The average molecular weight is 290 g/mol. The maximum absolute atomic E-state index is 12.0. The van der Waals surface area contributed by atoms with Crippen LogP contribution >= 0.6 is 0 Å². The zero-order valence-electron chi connectivity index (χ0n) is 13.0. The van der Waals surface area contributed by atoms with Crippen LogP contribution in [0.3, 0.4) is 0 Å². The van der Waals surface area contributed by atoms with E-state index in [1.54, 1.807) is 0 Å². The summed E-state index contributed by atoms with van der Waals surface area (Å²) in [4.78, 5) is 14.3. The van der Waals surface area contributed by atoms with Gasteiger partial charge in [-0.1, -0.05) is 12.1 Å². The Morgan fingerprint density at radius 3 is 2.86 bits per heavy atom. The number of aliphatic hydroxyl groups is 1. The van der Waals surface area contributed by atoms with Crippen molar-refractivity contribution < 1.29 is 9.90 Å². The third kappa shape index (κ3) is 4.21. The lowest BCUT2D eigenvalue weighted by Crippen LogP contribution is -2.39. The molecule has 1 saturated carbocycles. The number of likely N-dealkylation sites (N-methyl/N-ethyl adjacent to an activating group) is 1. The van der Waals surface area contributed by atoms with Crippen LogP contribution in [0.5, 0.6) is 0 Å². The number of carbonyl (C=O) groups is 1. The molecule has 0 saturated heterocycles.